The first-order valence-electron chi connectivity index (χ1n) is 8.77. The van der Waals surface area contributed by atoms with E-state index in [0.29, 0.717) is 38.5 Å². The Morgan fingerprint density at radius 1 is 1.20 bits per heavy atom. The first kappa shape index (κ1) is 16.1. The number of carbonyl (C=O) groups excluding carboxylic acids is 2. The summed E-state index contributed by atoms with van der Waals surface area (Å²) in [6.07, 6.45) is 5.14. The van der Waals surface area contributed by atoms with E-state index in [-0.39, 0.29) is 17.9 Å². The number of hydrogen-bond donors (Lipinski definition) is 0. The third-order valence-corrected chi connectivity index (χ3v) is 4.92. The van der Waals surface area contributed by atoms with Gasteiger partial charge in [-0.2, -0.15) is 0 Å². The van der Waals surface area contributed by atoms with Crippen LogP contribution in [0.2, 0.25) is 0 Å². The van der Waals surface area contributed by atoms with Crippen molar-refractivity contribution in [3.8, 4) is 0 Å². The van der Waals surface area contributed by atoms with Gasteiger partial charge in [0.2, 0.25) is 0 Å². The number of rotatable bonds is 2. The minimum atomic E-state index is -0.288. The number of nitrogens with zero attached hydrogens (tertiary/aromatic N) is 4. The number of carbonyl (C=O) groups is 2. The Morgan fingerprint density at radius 2 is 1.96 bits per heavy atom. The topological polar surface area (TPSA) is 67.2 Å². The Morgan fingerprint density at radius 3 is 2.68 bits per heavy atom. The fraction of sp³-hybridized carbons (Fsp3) is 0.500. The highest BCUT2D eigenvalue weighted by molar-refractivity contribution is 5.93. The van der Waals surface area contributed by atoms with Gasteiger partial charge in [0.15, 0.2) is 0 Å². The van der Waals surface area contributed by atoms with E-state index in [0.717, 1.165) is 24.1 Å². The highest BCUT2D eigenvalue weighted by atomic mass is 16.5. The average molecular weight is 342 g/mol. The van der Waals surface area contributed by atoms with Crippen LogP contribution in [-0.4, -0.2) is 69.9 Å². The molecule has 4 rings (SSSR count). The van der Waals surface area contributed by atoms with Gasteiger partial charge in [-0.25, -0.2) is 4.98 Å². The van der Waals surface area contributed by atoms with E-state index in [1.807, 2.05) is 34.6 Å². The Bertz CT molecular complexity index is 802. The second-order valence-corrected chi connectivity index (χ2v) is 6.71. The second kappa shape index (κ2) is 6.48. The van der Waals surface area contributed by atoms with Crippen molar-refractivity contribution in [2.24, 2.45) is 0 Å². The van der Waals surface area contributed by atoms with Crippen LogP contribution in [0, 0.1) is 6.92 Å². The number of aryl methyl sites for hydroxylation is 1. The SMILES string of the molecule is Cc1ccn2cc(C(=O)N3CCN(C(=O)C4CCCO4)CC3)nc2c1. The molecule has 7 heteroatoms. The summed E-state index contributed by atoms with van der Waals surface area (Å²) in [4.78, 5) is 33.1. The molecule has 25 heavy (non-hydrogen) atoms. The maximum absolute atomic E-state index is 12.7. The zero-order valence-electron chi connectivity index (χ0n) is 14.4. The van der Waals surface area contributed by atoms with Crippen LogP contribution in [0.3, 0.4) is 0 Å². The van der Waals surface area contributed by atoms with Gasteiger partial charge in [-0.05, 0) is 37.5 Å². The monoisotopic (exact) mass is 342 g/mol. The van der Waals surface area contributed by atoms with Gasteiger partial charge in [0.05, 0.1) is 0 Å². The van der Waals surface area contributed by atoms with E-state index in [1.165, 1.54) is 0 Å². The van der Waals surface area contributed by atoms with Crippen molar-refractivity contribution < 1.29 is 14.3 Å². The lowest BCUT2D eigenvalue weighted by molar-refractivity contribution is -0.142. The van der Waals surface area contributed by atoms with Crippen molar-refractivity contribution in [2.45, 2.75) is 25.9 Å². The smallest absolute Gasteiger partial charge is 0.274 e. The molecule has 2 aromatic heterocycles. The number of pyridine rings is 1. The molecule has 2 aromatic rings. The van der Waals surface area contributed by atoms with Gasteiger partial charge in [0, 0.05) is 45.2 Å². The Labute approximate surface area is 146 Å². The lowest BCUT2D eigenvalue weighted by Gasteiger charge is -2.35. The van der Waals surface area contributed by atoms with Crippen LogP contribution in [0.5, 0.6) is 0 Å². The summed E-state index contributed by atoms with van der Waals surface area (Å²) >= 11 is 0. The average Bonchev–Trinajstić information content (AvgIpc) is 3.30. The molecule has 1 atom stereocenters. The predicted molar refractivity (Wildman–Crippen MR) is 91.4 cm³/mol. The zero-order chi connectivity index (χ0) is 17.4. The van der Waals surface area contributed by atoms with E-state index in [4.69, 9.17) is 4.74 Å². The van der Waals surface area contributed by atoms with Gasteiger partial charge < -0.3 is 18.9 Å². The molecule has 4 heterocycles. The molecule has 0 aliphatic carbocycles. The van der Waals surface area contributed by atoms with Crippen molar-refractivity contribution in [1.29, 1.82) is 0 Å². The van der Waals surface area contributed by atoms with Crippen LogP contribution in [0.25, 0.3) is 5.65 Å². The summed E-state index contributed by atoms with van der Waals surface area (Å²) in [5.74, 6) is -0.0154. The number of piperazine rings is 1. The maximum Gasteiger partial charge on any atom is 0.274 e. The fourth-order valence-electron chi connectivity index (χ4n) is 3.45. The molecule has 7 nitrogen and oxygen atoms in total. The van der Waals surface area contributed by atoms with Crippen molar-refractivity contribution in [3.05, 3.63) is 35.8 Å². The van der Waals surface area contributed by atoms with Gasteiger partial charge in [-0.3, -0.25) is 9.59 Å². The van der Waals surface area contributed by atoms with Crippen molar-refractivity contribution in [2.75, 3.05) is 32.8 Å². The lowest BCUT2D eigenvalue weighted by Crippen LogP contribution is -2.52. The van der Waals surface area contributed by atoms with Crippen molar-refractivity contribution in [3.63, 3.8) is 0 Å². The summed E-state index contributed by atoms with van der Waals surface area (Å²) in [5.41, 5.74) is 2.33. The normalized spacial score (nSPS) is 21.1. The Hall–Kier alpha value is -2.41. The van der Waals surface area contributed by atoms with Crippen LogP contribution in [0.1, 0.15) is 28.9 Å². The van der Waals surface area contributed by atoms with E-state index in [9.17, 15) is 9.59 Å². The van der Waals surface area contributed by atoms with Gasteiger partial charge in [-0.1, -0.05) is 0 Å². The number of aromatic nitrogens is 2. The molecule has 2 aliphatic heterocycles. The van der Waals surface area contributed by atoms with Gasteiger partial charge >= 0.3 is 0 Å². The van der Waals surface area contributed by atoms with Crippen LogP contribution >= 0.6 is 0 Å². The standard InChI is InChI=1S/C18H22N4O3/c1-13-4-5-22-12-14(19-16(22)11-13)17(23)20-6-8-21(9-7-20)18(24)15-3-2-10-25-15/h4-5,11-12,15H,2-3,6-10H2,1H3. The lowest BCUT2D eigenvalue weighted by atomic mass is 10.2. The molecule has 0 spiro atoms. The molecule has 2 saturated heterocycles. The molecular formula is C18H22N4O3. The molecule has 132 valence electrons. The second-order valence-electron chi connectivity index (χ2n) is 6.71. The van der Waals surface area contributed by atoms with Crippen LogP contribution in [0.15, 0.2) is 24.5 Å². The molecule has 0 radical (unpaired) electrons. The number of fused-ring (bicyclic) bond motifs is 1. The minimum absolute atomic E-state index is 0.0628. The first-order chi connectivity index (χ1) is 12.1. The van der Waals surface area contributed by atoms with E-state index in [1.54, 1.807) is 11.1 Å². The minimum Gasteiger partial charge on any atom is -0.368 e. The summed E-state index contributed by atoms with van der Waals surface area (Å²) < 4.78 is 7.33. The van der Waals surface area contributed by atoms with Crippen LogP contribution < -0.4 is 0 Å². The predicted octanol–water partition coefficient (Wildman–Crippen LogP) is 1.11. The molecule has 0 N–H and O–H groups in total. The summed E-state index contributed by atoms with van der Waals surface area (Å²) in [5, 5.41) is 0. The molecule has 0 bridgehead atoms. The van der Waals surface area contributed by atoms with Crippen LogP contribution in [0.4, 0.5) is 0 Å². The molecule has 1 unspecified atom stereocenters. The third-order valence-electron chi connectivity index (χ3n) is 4.92. The summed E-state index contributed by atoms with van der Waals surface area (Å²) in [6.45, 7) is 4.84. The highest BCUT2D eigenvalue weighted by Gasteiger charge is 2.31. The zero-order valence-corrected chi connectivity index (χ0v) is 14.4. The molecular weight excluding hydrogens is 320 g/mol. The van der Waals surface area contributed by atoms with Gasteiger partial charge in [-0.15, -0.1) is 0 Å². The third kappa shape index (κ3) is 3.11. The van der Waals surface area contributed by atoms with Gasteiger partial charge in [0.25, 0.3) is 11.8 Å². The summed E-state index contributed by atoms with van der Waals surface area (Å²) in [7, 11) is 0. The molecule has 0 saturated carbocycles. The molecule has 2 fully saturated rings. The maximum atomic E-state index is 12.7. The Kier molecular flexibility index (Phi) is 4.17. The first-order valence-corrected chi connectivity index (χ1v) is 8.77. The number of ether oxygens (including phenoxy) is 1. The number of imidazole rings is 1. The number of amides is 2. The summed E-state index contributed by atoms with van der Waals surface area (Å²) in [6, 6.07) is 3.94. The van der Waals surface area contributed by atoms with Crippen LogP contribution in [-0.2, 0) is 9.53 Å². The van der Waals surface area contributed by atoms with Crippen molar-refractivity contribution >= 4 is 17.5 Å². The van der Waals surface area contributed by atoms with E-state index in [2.05, 4.69) is 4.98 Å². The fourth-order valence-corrected chi connectivity index (χ4v) is 3.45. The van der Waals surface area contributed by atoms with Gasteiger partial charge in [0.1, 0.15) is 17.4 Å². The quantitative estimate of drug-likeness (QED) is 0.820. The van der Waals surface area contributed by atoms with E-state index >= 15 is 0 Å². The Balaban J connectivity index is 1.41. The van der Waals surface area contributed by atoms with Crippen molar-refractivity contribution in [1.82, 2.24) is 19.2 Å². The van der Waals surface area contributed by atoms with E-state index < -0.39 is 0 Å². The molecule has 2 aliphatic rings. The number of hydrogen-bond acceptors (Lipinski definition) is 4. The molecule has 0 aromatic carbocycles. The largest absolute Gasteiger partial charge is 0.368 e. The highest BCUT2D eigenvalue weighted by Crippen LogP contribution is 2.17. The molecule has 2 amide bonds.